The minimum absolute atomic E-state index is 1.11. The summed E-state index contributed by atoms with van der Waals surface area (Å²) in [6.07, 6.45) is 10.3. The van der Waals surface area contributed by atoms with Gasteiger partial charge in [-0.15, -0.1) is 0 Å². The lowest BCUT2D eigenvalue weighted by Crippen LogP contribution is -1.95. The van der Waals surface area contributed by atoms with E-state index in [1.54, 1.807) is 0 Å². The highest BCUT2D eigenvalue weighted by atomic mass is 14.9. The van der Waals surface area contributed by atoms with Crippen molar-refractivity contribution < 1.29 is 0 Å². The van der Waals surface area contributed by atoms with E-state index >= 15 is 0 Å². The predicted molar refractivity (Wildman–Crippen MR) is 116 cm³/mol. The van der Waals surface area contributed by atoms with Gasteiger partial charge in [-0.3, -0.25) is 0 Å². The average molecular weight is 337 g/mol. The highest BCUT2D eigenvalue weighted by Gasteiger charge is 2.26. The van der Waals surface area contributed by atoms with E-state index in [-0.39, 0.29) is 0 Å². The van der Waals surface area contributed by atoms with E-state index in [1.807, 2.05) is 12.2 Å². The van der Waals surface area contributed by atoms with E-state index in [0.717, 1.165) is 5.57 Å². The topological polar surface area (TPSA) is 4.93 Å². The molecule has 0 unspecified atom stereocenters. The summed E-state index contributed by atoms with van der Waals surface area (Å²) in [6.45, 7) is 12.5. The molecule has 2 aromatic carbocycles. The molecule has 0 atom stereocenters. The largest absolute Gasteiger partial charge is 0.343 e. The Balaban J connectivity index is 2.21. The predicted octanol–water partition coefficient (Wildman–Crippen LogP) is 6.91. The molecule has 0 N–H and O–H groups in total. The maximum Gasteiger partial charge on any atom is 0.0568 e. The number of para-hydroxylation sites is 1. The number of rotatable bonds is 3. The summed E-state index contributed by atoms with van der Waals surface area (Å²) in [5, 5.41) is 2.59. The standard InChI is InChI=1S/C25H23N/c1-6-8-12-18-16(3)17(4)24-20(11-7-2)25-22(15-21(18)24)19-13-9-10-14-23(19)26(25)5/h6-15H,1,4H2,2-3,5H3/b11-7-,12-8-. The third kappa shape index (κ3) is 2.10. The van der Waals surface area contributed by atoms with Crippen molar-refractivity contribution in [3.63, 3.8) is 0 Å². The monoisotopic (exact) mass is 337 g/mol. The molecular weight excluding hydrogens is 314 g/mol. The van der Waals surface area contributed by atoms with Gasteiger partial charge in [0, 0.05) is 28.9 Å². The fourth-order valence-electron chi connectivity index (χ4n) is 4.17. The van der Waals surface area contributed by atoms with Gasteiger partial charge < -0.3 is 4.57 Å². The molecule has 0 saturated heterocycles. The van der Waals surface area contributed by atoms with Gasteiger partial charge in [0.1, 0.15) is 0 Å². The smallest absolute Gasteiger partial charge is 0.0568 e. The van der Waals surface area contributed by atoms with E-state index in [0.29, 0.717) is 0 Å². The summed E-state index contributed by atoms with van der Waals surface area (Å²) in [5.74, 6) is 0. The van der Waals surface area contributed by atoms with Crippen LogP contribution >= 0.6 is 0 Å². The molecule has 0 spiro atoms. The van der Waals surface area contributed by atoms with Crippen molar-refractivity contribution in [2.24, 2.45) is 7.05 Å². The Hall–Kier alpha value is -3.06. The lowest BCUT2D eigenvalue weighted by molar-refractivity contribution is 1.01. The Morgan fingerprint density at radius 1 is 1.08 bits per heavy atom. The molecular formula is C25H23N. The number of aromatic nitrogens is 1. The van der Waals surface area contributed by atoms with E-state index in [9.17, 15) is 0 Å². The number of hydrogen-bond acceptors (Lipinski definition) is 0. The second-order valence-electron chi connectivity index (χ2n) is 6.80. The van der Waals surface area contributed by atoms with Crippen LogP contribution in [0.2, 0.25) is 0 Å². The van der Waals surface area contributed by atoms with Gasteiger partial charge in [0.2, 0.25) is 0 Å². The van der Waals surface area contributed by atoms with Gasteiger partial charge >= 0.3 is 0 Å². The molecule has 1 heteroatoms. The first kappa shape index (κ1) is 16.4. The van der Waals surface area contributed by atoms with Gasteiger partial charge in [0.15, 0.2) is 0 Å². The van der Waals surface area contributed by atoms with E-state index in [2.05, 4.69) is 87.2 Å². The van der Waals surface area contributed by atoms with E-state index in [1.165, 1.54) is 49.6 Å². The van der Waals surface area contributed by atoms with Crippen LogP contribution in [0, 0.1) is 0 Å². The molecule has 0 amide bonds. The highest BCUT2D eigenvalue weighted by Crippen LogP contribution is 2.47. The lowest BCUT2D eigenvalue weighted by Gasteiger charge is -2.11. The zero-order valence-electron chi connectivity index (χ0n) is 15.6. The van der Waals surface area contributed by atoms with Crippen LogP contribution in [-0.4, -0.2) is 4.57 Å². The molecule has 3 aromatic rings. The summed E-state index contributed by atoms with van der Waals surface area (Å²) in [7, 11) is 2.15. The highest BCUT2D eigenvalue weighted by molar-refractivity contribution is 6.16. The van der Waals surface area contributed by atoms with Crippen molar-refractivity contribution in [3.8, 4) is 0 Å². The second kappa shape index (κ2) is 6.03. The van der Waals surface area contributed by atoms with Crippen LogP contribution in [0.25, 0.3) is 39.0 Å². The van der Waals surface area contributed by atoms with Crippen LogP contribution in [0.15, 0.2) is 73.4 Å². The third-order valence-corrected chi connectivity index (χ3v) is 5.41. The zero-order chi connectivity index (χ0) is 18.4. The fraction of sp³-hybridized carbons (Fsp3) is 0.120. The minimum atomic E-state index is 1.11. The molecule has 0 fully saturated rings. The van der Waals surface area contributed by atoms with Crippen molar-refractivity contribution in [2.45, 2.75) is 13.8 Å². The van der Waals surface area contributed by atoms with Crippen LogP contribution < -0.4 is 0 Å². The first-order valence-corrected chi connectivity index (χ1v) is 8.97. The molecule has 128 valence electrons. The summed E-state index contributed by atoms with van der Waals surface area (Å²) in [4.78, 5) is 0. The summed E-state index contributed by atoms with van der Waals surface area (Å²) in [5.41, 5.74) is 9.89. The molecule has 0 radical (unpaired) electrons. The lowest BCUT2D eigenvalue weighted by atomic mass is 9.94. The SMILES string of the molecule is C=C/C=C\C1=C(C)C(=C)c2c1cc1c3ccccc3n(C)c1c2/C=C\C. The Morgan fingerprint density at radius 3 is 2.58 bits per heavy atom. The second-order valence-corrected chi connectivity index (χ2v) is 6.80. The Labute approximate surface area is 155 Å². The number of nitrogens with zero attached hydrogens (tertiary/aromatic N) is 1. The van der Waals surface area contributed by atoms with Crippen LogP contribution in [0.4, 0.5) is 0 Å². The zero-order valence-corrected chi connectivity index (χ0v) is 15.6. The Morgan fingerprint density at radius 2 is 1.85 bits per heavy atom. The molecule has 1 heterocycles. The van der Waals surface area contributed by atoms with Crippen LogP contribution in [-0.2, 0) is 7.05 Å². The molecule has 26 heavy (non-hydrogen) atoms. The number of fused-ring (bicyclic) bond motifs is 4. The molecule has 0 bridgehead atoms. The van der Waals surface area contributed by atoms with Crippen LogP contribution in [0.3, 0.4) is 0 Å². The number of benzene rings is 2. The first-order chi connectivity index (χ1) is 12.6. The van der Waals surface area contributed by atoms with E-state index in [4.69, 9.17) is 0 Å². The molecule has 0 aliphatic heterocycles. The minimum Gasteiger partial charge on any atom is -0.343 e. The van der Waals surface area contributed by atoms with Gasteiger partial charge in [-0.2, -0.15) is 0 Å². The van der Waals surface area contributed by atoms with Crippen molar-refractivity contribution in [1.29, 1.82) is 0 Å². The van der Waals surface area contributed by atoms with Gasteiger partial charge in [-0.05, 0) is 53.8 Å². The number of allylic oxidation sites excluding steroid dienone is 7. The van der Waals surface area contributed by atoms with Crippen LogP contribution in [0.1, 0.15) is 30.5 Å². The third-order valence-electron chi connectivity index (χ3n) is 5.41. The normalized spacial score (nSPS) is 14.5. The molecule has 1 aromatic heterocycles. The molecule has 1 nitrogen and oxygen atoms in total. The molecule has 4 rings (SSSR count). The maximum atomic E-state index is 4.41. The van der Waals surface area contributed by atoms with E-state index < -0.39 is 0 Å². The van der Waals surface area contributed by atoms with Gasteiger partial charge in [0.05, 0.1) is 5.52 Å². The summed E-state index contributed by atoms with van der Waals surface area (Å²) < 4.78 is 2.31. The van der Waals surface area contributed by atoms with Gasteiger partial charge in [-0.1, -0.05) is 61.7 Å². The van der Waals surface area contributed by atoms with Gasteiger partial charge in [0.25, 0.3) is 0 Å². The molecule has 0 saturated carbocycles. The maximum absolute atomic E-state index is 4.41. The van der Waals surface area contributed by atoms with Crippen molar-refractivity contribution in [2.75, 3.05) is 0 Å². The van der Waals surface area contributed by atoms with Crippen LogP contribution in [0.5, 0.6) is 0 Å². The van der Waals surface area contributed by atoms with Crippen molar-refractivity contribution >= 4 is 39.0 Å². The summed E-state index contributed by atoms with van der Waals surface area (Å²) in [6, 6.07) is 11.0. The average Bonchev–Trinajstić information content (AvgIpc) is 3.07. The Bertz CT molecular complexity index is 1180. The molecule has 1 aliphatic carbocycles. The number of aryl methyl sites for hydroxylation is 1. The fourth-order valence-corrected chi connectivity index (χ4v) is 4.17. The first-order valence-electron chi connectivity index (χ1n) is 8.97. The Kier molecular flexibility index (Phi) is 3.81. The molecule has 1 aliphatic rings. The van der Waals surface area contributed by atoms with Crippen molar-refractivity contribution in [3.05, 3.63) is 90.1 Å². The number of hydrogen-bond donors (Lipinski definition) is 0. The van der Waals surface area contributed by atoms with Crippen molar-refractivity contribution in [1.82, 2.24) is 4.57 Å². The quantitative estimate of drug-likeness (QED) is 0.458. The summed E-state index contributed by atoms with van der Waals surface area (Å²) >= 11 is 0. The van der Waals surface area contributed by atoms with Gasteiger partial charge in [-0.25, -0.2) is 0 Å².